The maximum atomic E-state index is 12.8. The van der Waals surface area contributed by atoms with Gasteiger partial charge in [-0.3, -0.25) is 0 Å². The molecule has 1 heterocycles. The van der Waals surface area contributed by atoms with Gasteiger partial charge in [0.2, 0.25) is 10.0 Å². The molecule has 0 aromatic heterocycles. The predicted molar refractivity (Wildman–Crippen MR) is 82.5 cm³/mol. The molecule has 0 spiro atoms. The van der Waals surface area contributed by atoms with E-state index >= 15 is 0 Å². The van der Waals surface area contributed by atoms with Crippen molar-refractivity contribution in [2.24, 2.45) is 0 Å². The molecule has 4 nitrogen and oxygen atoms in total. The molecule has 0 amide bonds. The Kier molecular flexibility index (Phi) is 5.46. The predicted octanol–water partition coefficient (Wildman–Crippen LogP) is 3.41. The lowest BCUT2D eigenvalue weighted by Crippen LogP contribution is -2.34. The van der Waals surface area contributed by atoms with Crippen LogP contribution < -0.4 is 4.74 Å². The minimum atomic E-state index is -3.49. The molecular formula is C14H20BrNO3S. The monoisotopic (exact) mass is 361 g/mol. The van der Waals surface area contributed by atoms with Crippen LogP contribution in [0.25, 0.3) is 0 Å². The van der Waals surface area contributed by atoms with Crippen LogP contribution in [0.5, 0.6) is 5.75 Å². The average Bonchev–Trinajstić information content (AvgIpc) is 2.37. The van der Waals surface area contributed by atoms with Crippen molar-refractivity contribution in [2.75, 3.05) is 20.2 Å². The number of hydrogen-bond donors (Lipinski definition) is 0. The fourth-order valence-corrected chi connectivity index (χ4v) is 4.66. The Bertz CT molecular complexity index is 552. The highest BCUT2D eigenvalue weighted by Gasteiger charge is 2.27. The molecule has 1 aromatic carbocycles. The highest BCUT2D eigenvalue weighted by atomic mass is 79.9. The van der Waals surface area contributed by atoms with E-state index in [2.05, 4.69) is 15.9 Å². The fourth-order valence-electron chi connectivity index (χ4n) is 2.45. The molecule has 112 valence electrons. The standard InChI is InChI=1S/C14H20BrNO3S/c1-19-13-8-7-12(15)11-14(13)20(17,18)16-9-5-3-2-4-6-10-16/h7-8,11H,2-6,9-10H2,1H3. The van der Waals surface area contributed by atoms with Crippen LogP contribution in [0.15, 0.2) is 27.6 Å². The molecule has 1 aliphatic heterocycles. The van der Waals surface area contributed by atoms with Crippen molar-refractivity contribution >= 4 is 26.0 Å². The average molecular weight is 362 g/mol. The fraction of sp³-hybridized carbons (Fsp3) is 0.571. The summed E-state index contributed by atoms with van der Waals surface area (Å²) in [6, 6.07) is 5.08. The summed E-state index contributed by atoms with van der Waals surface area (Å²) in [7, 11) is -1.99. The molecule has 6 heteroatoms. The minimum Gasteiger partial charge on any atom is -0.495 e. The number of hydrogen-bond acceptors (Lipinski definition) is 3. The van der Waals surface area contributed by atoms with Crippen LogP contribution in [0, 0.1) is 0 Å². The highest BCUT2D eigenvalue weighted by molar-refractivity contribution is 9.10. The molecule has 0 unspecified atom stereocenters. The van der Waals surface area contributed by atoms with E-state index in [4.69, 9.17) is 4.74 Å². The van der Waals surface area contributed by atoms with E-state index in [-0.39, 0.29) is 4.90 Å². The van der Waals surface area contributed by atoms with Crippen molar-refractivity contribution in [1.82, 2.24) is 4.31 Å². The molecule has 1 fully saturated rings. The van der Waals surface area contributed by atoms with Gasteiger partial charge in [-0.2, -0.15) is 4.31 Å². The molecular weight excluding hydrogens is 342 g/mol. The second-order valence-electron chi connectivity index (χ2n) is 4.97. The Hall–Kier alpha value is -0.590. The summed E-state index contributed by atoms with van der Waals surface area (Å²) in [6.45, 7) is 1.19. The number of rotatable bonds is 3. The summed E-state index contributed by atoms with van der Waals surface area (Å²) < 4.78 is 33.2. The van der Waals surface area contributed by atoms with Crippen molar-refractivity contribution in [1.29, 1.82) is 0 Å². The minimum absolute atomic E-state index is 0.245. The van der Waals surface area contributed by atoms with Gasteiger partial charge < -0.3 is 4.74 Å². The maximum absolute atomic E-state index is 12.8. The number of ether oxygens (including phenoxy) is 1. The molecule has 1 saturated heterocycles. The maximum Gasteiger partial charge on any atom is 0.246 e. The van der Waals surface area contributed by atoms with E-state index in [0.29, 0.717) is 18.8 Å². The van der Waals surface area contributed by atoms with Gasteiger partial charge in [-0.1, -0.05) is 35.2 Å². The molecule has 0 atom stereocenters. The van der Waals surface area contributed by atoms with E-state index in [1.54, 1.807) is 22.5 Å². The van der Waals surface area contributed by atoms with E-state index in [9.17, 15) is 8.42 Å². The molecule has 0 radical (unpaired) electrons. The van der Waals surface area contributed by atoms with Gasteiger partial charge in [0.15, 0.2) is 0 Å². The third-order valence-electron chi connectivity index (χ3n) is 3.56. The van der Waals surface area contributed by atoms with Crippen LogP contribution in [0.1, 0.15) is 32.1 Å². The van der Waals surface area contributed by atoms with Gasteiger partial charge in [-0.05, 0) is 31.0 Å². The van der Waals surface area contributed by atoms with Crippen molar-refractivity contribution in [2.45, 2.75) is 37.0 Å². The Morgan fingerprint density at radius 2 is 1.70 bits per heavy atom. The smallest absolute Gasteiger partial charge is 0.246 e. The van der Waals surface area contributed by atoms with Crippen molar-refractivity contribution in [3.05, 3.63) is 22.7 Å². The van der Waals surface area contributed by atoms with Gasteiger partial charge in [0.1, 0.15) is 10.6 Å². The highest BCUT2D eigenvalue weighted by Crippen LogP contribution is 2.30. The number of halogens is 1. The van der Waals surface area contributed by atoms with Gasteiger partial charge in [0, 0.05) is 17.6 Å². The summed E-state index contributed by atoms with van der Waals surface area (Å²) in [6.07, 6.45) is 5.25. The first-order valence-electron chi connectivity index (χ1n) is 6.89. The molecule has 0 aliphatic carbocycles. The third kappa shape index (κ3) is 3.54. The first-order chi connectivity index (χ1) is 9.55. The van der Waals surface area contributed by atoms with E-state index in [1.807, 2.05) is 0 Å². The second kappa shape index (κ2) is 6.91. The number of benzene rings is 1. The Balaban J connectivity index is 2.35. The van der Waals surface area contributed by atoms with E-state index in [0.717, 1.165) is 30.2 Å². The summed E-state index contributed by atoms with van der Waals surface area (Å²) in [5, 5.41) is 0. The molecule has 0 bridgehead atoms. The van der Waals surface area contributed by atoms with Crippen LogP contribution >= 0.6 is 15.9 Å². The number of sulfonamides is 1. The zero-order valence-electron chi connectivity index (χ0n) is 11.6. The quantitative estimate of drug-likeness (QED) is 0.828. The largest absolute Gasteiger partial charge is 0.495 e. The van der Waals surface area contributed by atoms with Crippen molar-refractivity contribution < 1.29 is 13.2 Å². The lowest BCUT2D eigenvalue weighted by atomic mass is 10.1. The zero-order valence-corrected chi connectivity index (χ0v) is 14.0. The lowest BCUT2D eigenvalue weighted by Gasteiger charge is -2.25. The third-order valence-corrected chi connectivity index (χ3v) is 5.97. The summed E-state index contributed by atoms with van der Waals surface area (Å²) in [4.78, 5) is 0.245. The first kappa shape index (κ1) is 15.8. The molecule has 0 saturated carbocycles. The van der Waals surface area contributed by atoms with Gasteiger partial charge in [0.05, 0.1) is 7.11 Å². The van der Waals surface area contributed by atoms with Crippen LogP contribution in [0.4, 0.5) is 0 Å². The van der Waals surface area contributed by atoms with Gasteiger partial charge in [-0.25, -0.2) is 8.42 Å². The molecule has 1 aliphatic rings. The zero-order chi connectivity index (χ0) is 14.6. The summed E-state index contributed by atoms with van der Waals surface area (Å²) in [5.74, 6) is 0.398. The van der Waals surface area contributed by atoms with Crippen LogP contribution in [-0.2, 0) is 10.0 Å². The summed E-state index contributed by atoms with van der Waals surface area (Å²) >= 11 is 3.33. The number of methoxy groups -OCH3 is 1. The number of nitrogens with zero attached hydrogens (tertiary/aromatic N) is 1. The van der Waals surface area contributed by atoms with Gasteiger partial charge in [0.25, 0.3) is 0 Å². The van der Waals surface area contributed by atoms with Gasteiger partial charge >= 0.3 is 0 Å². The van der Waals surface area contributed by atoms with Crippen LogP contribution in [0.2, 0.25) is 0 Å². The topological polar surface area (TPSA) is 46.6 Å². The Morgan fingerprint density at radius 3 is 2.30 bits per heavy atom. The van der Waals surface area contributed by atoms with Crippen LogP contribution in [-0.4, -0.2) is 32.9 Å². The van der Waals surface area contributed by atoms with E-state index in [1.165, 1.54) is 13.5 Å². The van der Waals surface area contributed by atoms with E-state index < -0.39 is 10.0 Å². The van der Waals surface area contributed by atoms with Crippen LogP contribution in [0.3, 0.4) is 0 Å². The SMILES string of the molecule is COc1ccc(Br)cc1S(=O)(=O)N1CCCCCCC1. The van der Waals surface area contributed by atoms with Crippen molar-refractivity contribution in [3.63, 3.8) is 0 Å². The molecule has 1 aromatic rings. The summed E-state index contributed by atoms with van der Waals surface area (Å²) in [5.41, 5.74) is 0. The molecule has 0 N–H and O–H groups in total. The Labute approximate surface area is 129 Å². The van der Waals surface area contributed by atoms with Gasteiger partial charge in [-0.15, -0.1) is 0 Å². The normalized spacial score (nSPS) is 18.3. The molecule has 20 heavy (non-hydrogen) atoms. The van der Waals surface area contributed by atoms with Crippen molar-refractivity contribution in [3.8, 4) is 5.75 Å². The Morgan fingerprint density at radius 1 is 1.10 bits per heavy atom. The molecule has 2 rings (SSSR count). The second-order valence-corrected chi connectivity index (χ2v) is 7.79. The lowest BCUT2D eigenvalue weighted by molar-refractivity contribution is 0.358. The first-order valence-corrected chi connectivity index (χ1v) is 9.12.